The van der Waals surface area contributed by atoms with Crippen molar-refractivity contribution in [3.63, 3.8) is 0 Å². The van der Waals surface area contributed by atoms with Gasteiger partial charge < -0.3 is 15.6 Å². The summed E-state index contributed by atoms with van der Waals surface area (Å²) in [6.45, 7) is 1.77. The highest BCUT2D eigenvalue weighted by atomic mass is 16.1. The van der Waals surface area contributed by atoms with Crippen LogP contribution >= 0.6 is 0 Å². The second kappa shape index (κ2) is 4.75. The molecule has 0 fully saturated rings. The van der Waals surface area contributed by atoms with Gasteiger partial charge in [-0.25, -0.2) is 0 Å². The number of H-pyrrole nitrogens is 1. The summed E-state index contributed by atoms with van der Waals surface area (Å²) in [5, 5.41) is 7.29. The van der Waals surface area contributed by atoms with Crippen LogP contribution in [0.4, 0.5) is 5.69 Å². The predicted molar refractivity (Wildman–Crippen MR) is 83.2 cm³/mol. The van der Waals surface area contributed by atoms with Gasteiger partial charge in [-0.3, -0.25) is 4.79 Å². The van der Waals surface area contributed by atoms with Gasteiger partial charge in [0, 0.05) is 29.7 Å². The normalized spacial score (nSPS) is 13.3. The number of aromatic nitrogens is 1. The zero-order valence-corrected chi connectivity index (χ0v) is 11.4. The number of nitrogens with one attached hydrogen (secondary N) is 3. The van der Waals surface area contributed by atoms with E-state index in [1.54, 1.807) is 0 Å². The van der Waals surface area contributed by atoms with E-state index in [1.807, 2.05) is 42.5 Å². The molecule has 0 aliphatic carbocycles. The average Bonchev–Trinajstić information content (AvgIpc) is 3.13. The lowest BCUT2D eigenvalue weighted by Gasteiger charge is -2.06. The number of carbonyl (C=O) groups is 1. The Hall–Kier alpha value is -2.59. The van der Waals surface area contributed by atoms with Crippen molar-refractivity contribution in [2.45, 2.75) is 13.1 Å². The first-order valence-electron chi connectivity index (χ1n) is 7.01. The predicted octanol–water partition coefficient (Wildman–Crippen LogP) is 3.02. The first kappa shape index (κ1) is 12.2. The molecule has 2 aromatic carbocycles. The molecule has 1 amide bonds. The molecule has 0 saturated heterocycles. The summed E-state index contributed by atoms with van der Waals surface area (Å²) in [5.41, 5.74) is 4.94. The molecule has 0 bridgehead atoms. The SMILES string of the molecule is O=C(Nc1ccc2c(c1)CNC2)c1cc2ccccc2[nH]1. The Morgan fingerprint density at radius 3 is 2.76 bits per heavy atom. The number of para-hydroxylation sites is 1. The van der Waals surface area contributed by atoms with Gasteiger partial charge in [0.2, 0.25) is 0 Å². The van der Waals surface area contributed by atoms with Crippen molar-refractivity contribution in [3.8, 4) is 0 Å². The van der Waals surface area contributed by atoms with Crippen molar-refractivity contribution in [1.82, 2.24) is 10.3 Å². The summed E-state index contributed by atoms with van der Waals surface area (Å²) in [7, 11) is 0. The van der Waals surface area contributed by atoms with Gasteiger partial charge in [0.15, 0.2) is 0 Å². The number of anilines is 1. The highest BCUT2D eigenvalue weighted by Gasteiger charge is 2.13. The maximum absolute atomic E-state index is 12.3. The Morgan fingerprint density at radius 2 is 1.86 bits per heavy atom. The second-order valence-electron chi connectivity index (χ2n) is 5.31. The molecule has 2 heterocycles. The molecule has 3 aromatic rings. The highest BCUT2D eigenvalue weighted by molar-refractivity contribution is 6.05. The molecule has 4 rings (SSSR count). The fourth-order valence-electron chi connectivity index (χ4n) is 2.77. The molecule has 1 aliphatic rings. The smallest absolute Gasteiger partial charge is 0.272 e. The maximum atomic E-state index is 12.3. The molecule has 0 spiro atoms. The van der Waals surface area contributed by atoms with Gasteiger partial charge >= 0.3 is 0 Å². The van der Waals surface area contributed by atoms with Crippen LogP contribution in [0.3, 0.4) is 0 Å². The molecule has 0 saturated carbocycles. The minimum atomic E-state index is -0.114. The van der Waals surface area contributed by atoms with E-state index in [-0.39, 0.29) is 5.91 Å². The van der Waals surface area contributed by atoms with E-state index in [1.165, 1.54) is 11.1 Å². The number of amides is 1. The van der Waals surface area contributed by atoms with Crippen LogP contribution in [0.25, 0.3) is 10.9 Å². The standard InChI is InChI=1S/C17H15N3O/c21-17(16-8-11-3-1-2-4-15(11)20-16)19-14-6-5-12-9-18-10-13(12)7-14/h1-8,18,20H,9-10H2,(H,19,21). The summed E-state index contributed by atoms with van der Waals surface area (Å²) in [4.78, 5) is 15.5. The lowest BCUT2D eigenvalue weighted by molar-refractivity contribution is 0.102. The third kappa shape index (κ3) is 2.19. The zero-order valence-electron chi connectivity index (χ0n) is 11.4. The van der Waals surface area contributed by atoms with E-state index in [0.717, 1.165) is 29.7 Å². The molecule has 0 atom stereocenters. The number of rotatable bonds is 2. The number of hydrogen-bond donors (Lipinski definition) is 3. The molecular weight excluding hydrogens is 262 g/mol. The first-order chi connectivity index (χ1) is 10.3. The van der Waals surface area contributed by atoms with E-state index in [2.05, 4.69) is 21.7 Å². The summed E-state index contributed by atoms with van der Waals surface area (Å²) in [5.74, 6) is -0.114. The molecule has 1 aromatic heterocycles. The first-order valence-corrected chi connectivity index (χ1v) is 7.01. The summed E-state index contributed by atoms with van der Waals surface area (Å²) in [6.07, 6.45) is 0. The highest BCUT2D eigenvalue weighted by Crippen LogP contribution is 2.21. The van der Waals surface area contributed by atoms with Gasteiger partial charge in [0.05, 0.1) is 0 Å². The van der Waals surface area contributed by atoms with Gasteiger partial charge in [-0.15, -0.1) is 0 Å². The molecule has 104 valence electrons. The molecular formula is C17H15N3O. The van der Waals surface area contributed by atoms with Gasteiger partial charge in [-0.1, -0.05) is 24.3 Å². The largest absolute Gasteiger partial charge is 0.351 e. The molecule has 3 N–H and O–H groups in total. The van der Waals surface area contributed by atoms with Gasteiger partial charge in [-0.05, 0) is 35.4 Å². The van der Waals surface area contributed by atoms with Crippen LogP contribution in [0.15, 0.2) is 48.5 Å². The zero-order chi connectivity index (χ0) is 14.2. The molecule has 4 nitrogen and oxygen atoms in total. The maximum Gasteiger partial charge on any atom is 0.272 e. The van der Waals surface area contributed by atoms with Gasteiger partial charge in [0.1, 0.15) is 5.69 Å². The third-order valence-corrected chi connectivity index (χ3v) is 3.87. The minimum Gasteiger partial charge on any atom is -0.351 e. The van der Waals surface area contributed by atoms with Crippen molar-refractivity contribution in [1.29, 1.82) is 0 Å². The van der Waals surface area contributed by atoms with Crippen LogP contribution < -0.4 is 10.6 Å². The van der Waals surface area contributed by atoms with E-state index >= 15 is 0 Å². The summed E-state index contributed by atoms with van der Waals surface area (Å²) < 4.78 is 0. The average molecular weight is 277 g/mol. The number of carbonyl (C=O) groups excluding carboxylic acids is 1. The molecule has 0 unspecified atom stereocenters. The number of benzene rings is 2. The van der Waals surface area contributed by atoms with E-state index in [0.29, 0.717) is 5.69 Å². The quantitative estimate of drug-likeness (QED) is 0.674. The fourth-order valence-corrected chi connectivity index (χ4v) is 2.77. The van der Waals surface area contributed by atoms with Crippen LogP contribution in [-0.2, 0) is 13.1 Å². The van der Waals surface area contributed by atoms with Crippen LogP contribution in [0.2, 0.25) is 0 Å². The second-order valence-corrected chi connectivity index (χ2v) is 5.31. The van der Waals surface area contributed by atoms with Crippen LogP contribution in [0.5, 0.6) is 0 Å². The van der Waals surface area contributed by atoms with Crippen LogP contribution in [0, 0.1) is 0 Å². The lowest BCUT2D eigenvalue weighted by atomic mass is 10.1. The van der Waals surface area contributed by atoms with Gasteiger partial charge in [-0.2, -0.15) is 0 Å². The van der Waals surface area contributed by atoms with E-state index < -0.39 is 0 Å². The summed E-state index contributed by atoms with van der Waals surface area (Å²) >= 11 is 0. The van der Waals surface area contributed by atoms with Crippen molar-refractivity contribution in [2.24, 2.45) is 0 Å². The fraction of sp³-hybridized carbons (Fsp3) is 0.118. The number of fused-ring (bicyclic) bond motifs is 2. The van der Waals surface area contributed by atoms with Crippen LogP contribution in [-0.4, -0.2) is 10.9 Å². The molecule has 4 heteroatoms. The van der Waals surface area contributed by atoms with Gasteiger partial charge in [0.25, 0.3) is 5.91 Å². The minimum absolute atomic E-state index is 0.114. The molecule has 1 aliphatic heterocycles. The Bertz CT molecular complexity index is 802. The number of aromatic amines is 1. The number of hydrogen-bond acceptors (Lipinski definition) is 2. The Kier molecular flexibility index (Phi) is 2.75. The van der Waals surface area contributed by atoms with E-state index in [4.69, 9.17) is 0 Å². The van der Waals surface area contributed by atoms with Crippen LogP contribution in [0.1, 0.15) is 21.6 Å². The Morgan fingerprint density at radius 1 is 1.00 bits per heavy atom. The third-order valence-electron chi connectivity index (χ3n) is 3.87. The molecule has 21 heavy (non-hydrogen) atoms. The monoisotopic (exact) mass is 277 g/mol. The van der Waals surface area contributed by atoms with Crippen molar-refractivity contribution in [2.75, 3.05) is 5.32 Å². The van der Waals surface area contributed by atoms with Crippen molar-refractivity contribution < 1.29 is 4.79 Å². The Balaban J connectivity index is 1.60. The lowest BCUT2D eigenvalue weighted by Crippen LogP contribution is -2.12. The van der Waals surface area contributed by atoms with E-state index in [9.17, 15) is 4.79 Å². The molecule has 0 radical (unpaired) electrons. The summed E-state index contributed by atoms with van der Waals surface area (Å²) in [6, 6.07) is 15.8. The topological polar surface area (TPSA) is 56.9 Å². The van der Waals surface area contributed by atoms with Crippen molar-refractivity contribution >= 4 is 22.5 Å². The Labute approximate surface area is 122 Å². The van der Waals surface area contributed by atoms with Crippen molar-refractivity contribution in [3.05, 3.63) is 65.4 Å².